The van der Waals surface area contributed by atoms with Gasteiger partial charge in [-0.1, -0.05) is 103 Å². The average molecular weight is 673 g/mol. The topological polar surface area (TPSA) is 112 Å². The minimum absolute atomic E-state index is 0. The minimum atomic E-state index is -0.283. The zero-order valence-electron chi connectivity index (χ0n) is 27.4. The first-order chi connectivity index (χ1) is 23.5. The van der Waals surface area contributed by atoms with E-state index in [1.54, 1.807) is 30.3 Å². The van der Waals surface area contributed by atoms with Gasteiger partial charge in [0.2, 0.25) is 0 Å². The van der Waals surface area contributed by atoms with Gasteiger partial charge in [-0.3, -0.25) is 9.59 Å². The molecular formula is C42H33NaO7. The van der Waals surface area contributed by atoms with E-state index in [0.717, 1.165) is 16.9 Å². The van der Waals surface area contributed by atoms with Gasteiger partial charge in [-0.2, -0.15) is 0 Å². The molecule has 0 saturated heterocycles. The van der Waals surface area contributed by atoms with E-state index in [9.17, 15) is 14.7 Å². The van der Waals surface area contributed by atoms with Crippen molar-refractivity contribution in [3.63, 3.8) is 0 Å². The standard InChI is InChI=1S/2C21H16O3.Na.H2O/c22-19-14-21(15-7-3-1-4-8-15)24-20-12-11-17(13-18(19)20)23-16-9-5-2-6-10-16;22-20(13-11-16-7-3-1-4-8-16)19-15-18(12-14-21(19)23)24-17-9-5-2-6-10-17;;/h1-13,21H,14H2;1-15,23H;;1H2/q;;+1;/p-1/b;13-11+;;. The number of fused-ring (bicyclic) bond motifs is 1. The second kappa shape index (κ2) is 18.4. The van der Waals surface area contributed by atoms with Gasteiger partial charge in [0.15, 0.2) is 11.6 Å². The fourth-order valence-corrected chi connectivity index (χ4v) is 5.07. The molecule has 1 aliphatic heterocycles. The number of hydrogen-bond acceptors (Lipinski definition) is 7. The summed E-state index contributed by atoms with van der Waals surface area (Å²) in [6.07, 6.45) is 3.27. The molecule has 0 bridgehead atoms. The molecule has 7 rings (SSSR count). The van der Waals surface area contributed by atoms with Crippen LogP contribution in [0.1, 0.15) is 44.4 Å². The van der Waals surface area contributed by atoms with Gasteiger partial charge in [0, 0.05) is 0 Å². The molecule has 6 aromatic rings. The summed E-state index contributed by atoms with van der Waals surface area (Å²) in [5.41, 5.74) is 2.72. The van der Waals surface area contributed by atoms with Gasteiger partial charge in [0.1, 0.15) is 40.6 Å². The van der Waals surface area contributed by atoms with Crippen molar-refractivity contribution in [2.75, 3.05) is 0 Å². The van der Waals surface area contributed by atoms with Gasteiger partial charge in [0.25, 0.3) is 0 Å². The SMILES string of the molecule is O=C(/C=C/c1ccccc1)c1cc(Oc2ccccc2)ccc1O.O=C1CC(c2ccccc2)Oc2ccc(Oc3ccccc3)cc21.[Na+].[OH-]. The molecule has 1 atom stereocenters. The van der Waals surface area contributed by atoms with Crippen LogP contribution in [0, 0.1) is 0 Å². The van der Waals surface area contributed by atoms with E-state index in [2.05, 4.69) is 0 Å². The summed E-state index contributed by atoms with van der Waals surface area (Å²) < 4.78 is 17.5. The van der Waals surface area contributed by atoms with E-state index in [1.165, 1.54) is 12.1 Å². The number of Topliss-reactive ketones (excluding diaryl/α,β-unsaturated/α-hetero) is 1. The molecule has 2 N–H and O–H groups in total. The van der Waals surface area contributed by atoms with Crippen molar-refractivity contribution >= 4 is 17.6 Å². The van der Waals surface area contributed by atoms with Crippen LogP contribution in [0.3, 0.4) is 0 Å². The number of phenols is 1. The van der Waals surface area contributed by atoms with Gasteiger partial charge in [-0.25, -0.2) is 0 Å². The molecule has 0 saturated carbocycles. The Labute approximate surface area is 313 Å². The molecule has 1 unspecified atom stereocenters. The average Bonchev–Trinajstić information content (AvgIpc) is 3.13. The Balaban J connectivity index is 0.000000216. The van der Waals surface area contributed by atoms with Gasteiger partial charge in [-0.05, 0) is 77.9 Å². The fraction of sp³-hybridized carbons (Fsp3) is 0.0476. The monoisotopic (exact) mass is 672 g/mol. The first kappa shape index (κ1) is 37.4. The van der Waals surface area contributed by atoms with Crippen molar-refractivity contribution in [2.45, 2.75) is 12.5 Å². The van der Waals surface area contributed by atoms with Crippen molar-refractivity contribution in [1.29, 1.82) is 0 Å². The van der Waals surface area contributed by atoms with E-state index >= 15 is 0 Å². The van der Waals surface area contributed by atoms with Crippen LogP contribution < -0.4 is 43.8 Å². The summed E-state index contributed by atoms with van der Waals surface area (Å²) in [7, 11) is 0. The Hall–Kier alpha value is -5.44. The number of ether oxygens (including phenoxy) is 3. The van der Waals surface area contributed by atoms with Crippen LogP contribution in [0.15, 0.2) is 164 Å². The number of phenolic OH excluding ortho intramolecular Hbond substituents is 1. The quantitative estimate of drug-likeness (QED) is 0.104. The number of rotatable bonds is 8. The predicted octanol–water partition coefficient (Wildman–Crippen LogP) is 7.09. The number of para-hydroxylation sites is 2. The number of hydrogen-bond donors (Lipinski definition) is 1. The molecule has 0 aromatic heterocycles. The summed E-state index contributed by atoms with van der Waals surface area (Å²) in [5.74, 6) is 2.87. The molecule has 50 heavy (non-hydrogen) atoms. The maximum absolute atomic E-state index is 12.5. The molecule has 6 aromatic carbocycles. The van der Waals surface area contributed by atoms with Crippen LogP contribution >= 0.6 is 0 Å². The van der Waals surface area contributed by atoms with Crippen molar-refractivity contribution in [3.05, 3.63) is 186 Å². The third-order valence-electron chi connectivity index (χ3n) is 7.48. The van der Waals surface area contributed by atoms with Crippen molar-refractivity contribution in [1.82, 2.24) is 0 Å². The Bertz CT molecular complexity index is 2020. The zero-order valence-corrected chi connectivity index (χ0v) is 29.4. The summed E-state index contributed by atoms with van der Waals surface area (Å²) in [6.45, 7) is 0. The number of carbonyl (C=O) groups excluding carboxylic acids is 2. The van der Waals surface area contributed by atoms with Crippen LogP contribution in [0.2, 0.25) is 0 Å². The molecule has 0 spiro atoms. The predicted molar refractivity (Wildman–Crippen MR) is 188 cm³/mol. The molecule has 0 amide bonds. The number of carbonyl (C=O) groups is 2. The Kier molecular flexibility index (Phi) is 13.7. The maximum atomic E-state index is 12.5. The second-order valence-corrected chi connectivity index (χ2v) is 10.9. The third-order valence-corrected chi connectivity index (χ3v) is 7.48. The van der Waals surface area contributed by atoms with Crippen molar-refractivity contribution in [3.8, 4) is 34.5 Å². The zero-order chi connectivity index (χ0) is 33.1. The Morgan fingerprint density at radius 2 is 1.18 bits per heavy atom. The van der Waals surface area contributed by atoms with Crippen molar-refractivity contribution in [2.24, 2.45) is 0 Å². The molecular weight excluding hydrogens is 639 g/mol. The fourth-order valence-electron chi connectivity index (χ4n) is 5.07. The van der Waals surface area contributed by atoms with Gasteiger partial charge in [0.05, 0.1) is 17.5 Å². The number of ketones is 2. The number of benzene rings is 6. The van der Waals surface area contributed by atoms with Crippen LogP contribution in [-0.4, -0.2) is 22.1 Å². The van der Waals surface area contributed by atoms with Crippen LogP contribution in [0.4, 0.5) is 0 Å². The van der Waals surface area contributed by atoms with E-state index in [1.807, 2.05) is 127 Å². The molecule has 1 heterocycles. The summed E-state index contributed by atoms with van der Waals surface area (Å²) >= 11 is 0. The molecule has 244 valence electrons. The van der Waals surface area contributed by atoms with E-state index in [-0.39, 0.29) is 64.0 Å². The Morgan fingerprint density at radius 1 is 0.660 bits per heavy atom. The first-order valence-corrected chi connectivity index (χ1v) is 15.5. The van der Waals surface area contributed by atoms with Crippen LogP contribution in [-0.2, 0) is 0 Å². The summed E-state index contributed by atoms with van der Waals surface area (Å²) in [4.78, 5) is 24.9. The molecule has 1 aliphatic rings. The molecule has 7 nitrogen and oxygen atoms in total. The summed E-state index contributed by atoms with van der Waals surface area (Å²) in [5, 5.41) is 9.96. The minimum Gasteiger partial charge on any atom is -0.870 e. The third kappa shape index (κ3) is 10.0. The van der Waals surface area contributed by atoms with Crippen LogP contribution in [0.25, 0.3) is 6.08 Å². The summed E-state index contributed by atoms with van der Waals surface area (Å²) in [6, 6.07) is 48.1. The number of allylic oxidation sites excluding steroid dienone is 1. The number of aromatic hydroxyl groups is 1. The van der Waals surface area contributed by atoms with E-state index in [0.29, 0.717) is 35.0 Å². The van der Waals surface area contributed by atoms with Gasteiger partial charge < -0.3 is 24.8 Å². The van der Waals surface area contributed by atoms with E-state index < -0.39 is 0 Å². The maximum Gasteiger partial charge on any atom is 1.00 e. The molecule has 0 radical (unpaired) electrons. The van der Waals surface area contributed by atoms with Gasteiger partial charge >= 0.3 is 29.6 Å². The van der Waals surface area contributed by atoms with Crippen LogP contribution in [0.5, 0.6) is 34.5 Å². The molecule has 0 fully saturated rings. The smallest absolute Gasteiger partial charge is 0.870 e. The van der Waals surface area contributed by atoms with Crippen molar-refractivity contribution < 1.29 is 63.9 Å². The molecule has 8 heteroatoms. The normalized spacial score (nSPS) is 12.9. The van der Waals surface area contributed by atoms with E-state index in [4.69, 9.17) is 14.2 Å². The second-order valence-electron chi connectivity index (χ2n) is 10.9. The van der Waals surface area contributed by atoms with Gasteiger partial charge in [-0.15, -0.1) is 0 Å². The first-order valence-electron chi connectivity index (χ1n) is 15.5. The molecule has 0 aliphatic carbocycles. The largest absolute Gasteiger partial charge is 1.00 e. The Morgan fingerprint density at radius 3 is 1.78 bits per heavy atom.